The Morgan fingerprint density at radius 1 is 1.25 bits per heavy atom. The van der Waals surface area contributed by atoms with Gasteiger partial charge in [-0.2, -0.15) is 4.57 Å². The molecule has 2 bridgehead atoms. The highest BCUT2D eigenvalue weighted by atomic mass is 16.5. The summed E-state index contributed by atoms with van der Waals surface area (Å²) in [6.45, 7) is 7.28. The van der Waals surface area contributed by atoms with E-state index in [9.17, 15) is 4.79 Å². The van der Waals surface area contributed by atoms with Gasteiger partial charge in [0, 0.05) is 17.5 Å². The van der Waals surface area contributed by atoms with E-state index in [4.69, 9.17) is 4.74 Å². The molecule has 1 aromatic heterocycles. The number of hydrogen-bond acceptors (Lipinski definition) is 2. The zero-order chi connectivity index (χ0) is 14.4. The molecule has 0 saturated heterocycles. The molecule has 3 heteroatoms. The van der Waals surface area contributed by atoms with Gasteiger partial charge in [-0.15, -0.1) is 0 Å². The van der Waals surface area contributed by atoms with Crippen LogP contribution in [0.4, 0.5) is 0 Å². The fourth-order valence-electron chi connectivity index (χ4n) is 4.19. The molecule has 0 aromatic carbocycles. The lowest BCUT2D eigenvalue weighted by Crippen LogP contribution is -2.42. The Morgan fingerprint density at radius 2 is 1.95 bits per heavy atom. The number of aromatic nitrogens is 1. The summed E-state index contributed by atoms with van der Waals surface area (Å²) in [5.74, 6) is 0.588. The van der Waals surface area contributed by atoms with Crippen molar-refractivity contribution in [1.29, 1.82) is 0 Å². The van der Waals surface area contributed by atoms with E-state index in [0.717, 1.165) is 6.42 Å². The minimum atomic E-state index is -0.115. The predicted molar refractivity (Wildman–Crippen MR) is 75.7 cm³/mol. The van der Waals surface area contributed by atoms with Gasteiger partial charge in [0.2, 0.25) is 6.54 Å². The molecule has 1 aromatic rings. The smallest absolute Gasteiger partial charge is 0.372 e. The Labute approximate surface area is 121 Å². The number of hydrogen-bond donors (Lipinski definition) is 0. The maximum atomic E-state index is 12.2. The Bertz CT molecular complexity index is 511. The van der Waals surface area contributed by atoms with Crippen molar-refractivity contribution in [3.63, 3.8) is 0 Å². The van der Waals surface area contributed by atoms with Crippen LogP contribution in [0.2, 0.25) is 0 Å². The molecule has 3 atom stereocenters. The SMILES string of the molecule is CC1(C)[C@@H]2CC[C@]1(C)[C@H](OC(=O)C[n+]1ccccc1)C2. The largest absolute Gasteiger partial charge is 0.457 e. The van der Waals surface area contributed by atoms with Gasteiger partial charge in [0.15, 0.2) is 12.4 Å². The second-order valence-corrected chi connectivity index (χ2v) is 7.14. The van der Waals surface area contributed by atoms with E-state index in [2.05, 4.69) is 20.8 Å². The van der Waals surface area contributed by atoms with Gasteiger partial charge in [0.1, 0.15) is 6.10 Å². The molecule has 2 fully saturated rings. The summed E-state index contributed by atoms with van der Waals surface area (Å²) in [6, 6.07) is 5.80. The molecule has 108 valence electrons. The standard InChI is InChI=1S/C17H24NO2/c1-16(2)13-7-8-17(16,3)14(11-13)20-15(19)12-18-9-5-4-6-10-18/h4-6,9-10,13-14H,7-8,11-12H2,1-3H3/q+1/t13-,14-,17-/m1/s1. The van der Waals surface area contributed by atoms with Crippen LogP contribution in [0.15, 0.2) is 30.6 Å². The van der Waals surface area contributed by atoms with Gasteiger partial charge in [-0.25, -0.2) is 4.79 Å². The Balaban J connectivity index is 1.66. The molecule has 3 nitrogen and oxygen atoms in total. The minimum Gasteiger partial charge on any atom is -0.457 e. The average molecular weight is 274 g/mol. The van der Waals surface area contributed by atoms with Crippen LogP contribution in [0.25, 0.3) is 0 Å². The molecular formula is C17H24NO2+. The van der Waals surface area contributed by atoms with Crippen LogP contribution in [0.3, 0.4) is 0 Å². The molecule has 20 heavy (non-hydrogen) atoms. The van der Waals surface area contributed by atoms with Crippen molar-refractivity contribution in [3.8, 4) is 0 Å². The van der Waals surface area contributed by atoms with Crippen molar-refractivity contribution in [2.75, 3.05) is 0 Å². The maximum absolute atomic E-state index is 12.2. The monoisotopic (exact) mass is 274 g/mol. The van der Waals surface area contributed by atoms with Gasteiger partial charge < -0.3 is 4.74 Å². The highest BCUT2D eigenvalue weighted by Gasteiger charge is 2.62. The van der Waals surface area contributed by atoms with E-state index in [1.165, 1.54) is 12.8 Å². The lowest BCUT2D eigenvalue weighted by atomic mass is 9.70. The minimum absolute atomic E-state index is 0.0908. The highest BCUT2D eigenvalue weighted by molar-refractivity contribution is 5.68. The second-order valence-electron chi connectivity index (χ2n) is 7.14. The second kappa shape index (κ2) is 4.57. The molecule has 3 rings (SSSR count). The summed E-state index contributed by atoms with van der Waals surface area (Å²) in [6.07, 6.45) is 7.38. The van der Waals surface area contributed by atoms with Crippen LogP contribution in [-0.4, -0.2) is 12.1 Å². The molecule has 2 aliphatic rings. The normalized spacial score (nSPS) is 34.1. The Morgan fingerprint density at radius 3 is 2.50 bits per heavy atom. The first-order valence-electron chi connectivity index (χ1n) is 7.57. The quantitative estimate of drug-likeness (QED) is 0.626. The van der Waals surface area contributed by atoms with E-state index in [1.807, 2.05) is 35.2 Å². The number of carbonyl (C=O) groups is 1. The topological polar surface area (TPSA) is 30.2 Å². The van der Waals surface area contributed by atoms with Crippen molar-refractivity contribution in [2.24, 2.45) is 16.7 Å². The Kier molecular flexibility index (Phi) is 3.11. The lowest BCUT2D eigenvalue weighted by molar-refractivity contribution is -0.686. The van der Waals surface area contributed by atoms with Gasteiger partial charge in [0.25, 0.3) is 0 Å². The first-order valence-corrected chi connectivity index (χ1v) is 7.57. The van der Waals surface area contributed by atoms with Crippen LogP contribution in [-0.2, 0) is 16.1 Å². The average Bonchev–Trinajstić information content (AvgIpc) is 2.73. The summed E-state index contributed by atoms with van der Waals surface area (Å²) in [5.41, 5.74) is 0.437. The van der Waals surface area contributed by atoms with Crippen LogP contribution in [0.1, 0.15) is 40.0 Å². The van der Waals surface area contributed by atoms with Crippen molar-refractivity contribution in [3.05, 3.63) is 30.6 Å². The van der Waals surface area contributed by atoms with Crippen molar-refractivity contribution in [1.82, 2.24) is 0 Å². The zero-order valence-corrected chi connectivity index (χ0v) is 12.6. The molecule has 0 amide bonds. The number of fused-ring (bicyclic) bond motifs is 2. The summed E-state index contributed by atoms with van der Waals surface area (Å²) in [5, 5.41) is 0. The molecule has 0 spiro atoms. The summed E-state index contributed by atoms with van der Waals surface area (Å²) in [4.78, 5) is 12.2. The van der Waals surface area contributed by atoms with Gasteiger partial charge in [-0.1, -0.05) is 26.8 Å². The predicted octanol–water partition coefficient (Wildman–Crippen LogP) is 2.73. The fourth-order valence-corrected chi connectivity index (χ4v) is 4.19. The zero-order valence-electron chi connectivity index (χ0n) is 12.6. The van der Waals surface area contributed by atoms with Gasteiger partial charge in [-0.05, 0) is 30.6 Å². The molecule has 0 N–H and O–H groups in total. The molecule has 2 aliphatic carbocycles. The van der Waals surface area contributed by atoms with E-state index in [-0.39, 0.29) is 22.9 Å². The third-order valence-electron chi connectivity index (χ3n) is 6.08. The fraction of sp³-hybridized carbons (Fsp3) is 0.647. The number of ether oxygens (including phenoxy) is 1. The summed E-state index contributed by atoms with van der Waals surface area (Å²) >= 11 is 0. The molecule has 0 aliphatic heterocycles. The van der Waals surface area contributed by atoms with Gasteiger partial charge in [0.05, 0.1) is 0 Å². The van der Waals surface area contributed by atoms with E-state index >= 15 is 0 Å². The number of pyridine rings is 1. The summed E-state index contributed by atoms with van der Waals surface area (Å²) < 4.78 is 7.69. The van der Waals surface area contributed by atoms with Crippen LogP contribution < -0.4 is 4.57 Å². The van der Waals surface area contributed by atoms with Crippen molar-refractivity contribution < 1.29 is 14.1 Å². The highest BCUT2D eigenvalue weighted by Crippen LogP contribution is 2.66. The maximum Gasteiger partial charge on any atom is 0.372 e. The number of rotatable bonds is 3. The molecular weight excluding hydrogens is 250 g/mol. The lowest BCUT2D eigenvalue weighted by Gasteiger charge is -2.38. The number of carbonyl (C=O) groups excluding carboxylic acids is 1. The van der Waals surface area contributed by atoms with Crippen LogP contribution in [0, 0.1) is 16.7 Å². The van der Waals surface area contributed by atoms with E-state index in [1.54, 1.807) is 0 Å². The first-order chi connectivity index (χ1) is 9.43. The molecule has 1 heterocycles. The van der Waals surface area contributed by atoms with Gasteiger partial charge >= 0.3 is 5.97 Å². The number of esters is 1. The molecule has 2 saturated carbocycles. The molecule has 0 radical (unpaired) electrons. The van der Waals surface area contributed by atoms with Crippen LogP contribution >= 0.6 is 0 Å². The van der Waals surface area contributed by atoms with Crippen molar-refractivity contribution in [2.45, 2.75) is 52.7 Å². The van der Waals surface area contributed by atoms with E-state index < -0.39 is 0 Å². The third kappa shape index (κ3) is 1.95. The first kappa shape index (κ1) is 13.6. The van der Waals surface area contributed by atoms with Crippen LogP contribution in [0.5, 0.6) is 0 Å². The summed E-state index contributed by atoms with van der Waals surface area (Å²) in [7, 11) is 0. The Hall–Kier alpha value is -1.38. The van der Waals surface area contributed by atoms with E-state index in [0.29, 0.717) is 12.5 Å². The third-order valence-corrected chi connectivity index (χ3v) is 6.08. The van der Waals surface area contributed by atoms with Gasteiger partial charge in [-0.3, -0.25) is 0 Å². The number of nitrogens with zero attached hydrogens (tertiary/aromatic N) is 1. The molecule has 0 unspecified atom stereocenters. The van der Waals surface area contributed by atoms with Crippen molar-refractivity contribution >= 4 is 5.97 Å².